The molecule has 0 spiro atoms. The fraction of sp³-hybridized carbons (Fsp3) is 0.172. The minimum Gasteiger partial charge on any atom is -0.289 e. The first-order valence-corrected chi connectivity index (χ1v) is 10.6. The first-order chi connectivity index (χ1) is 15.0. The minimum absolute atomic E-state index is 0.0322. The SMILES string of the molecule is Cc1cccc(C=C2CC(C#N)(c3ccccc3)CC(=Cc3cccc(C)c3)C2=O)c1. The molecule has 1 fully saturated rings. The first-order valence-electron chi connectivity index (χ1n) is 10.6. The zero-order chi connectivity index (χ0) is 21.8. The van der Waals surface area contributed by atoms with Gasteiger partial charge in [0.2, 0.25) is 0 Å². The van der Waals surface area contributed by atoms with Gasteiger partial charge in [-0.05, 0) is 55.5 Å². The second-order valence-corrected chi connectivity index (χ2v) is 8.41. The number of hydrogen-bond donors (Lipinski definition) is 0. The lowest BCUT2D eigenvalue weighted by molar-refractivity contribution is -0.113. The van der Waals surface area contributed by atoms with Crippen molar-refractivity contribution < 1.29 is 4.79 Å². The molecule has 3 aromatic carbocycles. The van der Waals surface area contributed by atoms with E-state index in [2.05, 4.69) is 18.2 Å². The molecule has 2 nitrogen and oxygen atoms in total. The van der Waals surface area contributed by atoms with Crippen LogP contribution in [0, 0.1) is 25.2 Å². The summed E-state index contributed by atoms with van der Waals surface area (Å²) in [6, 6.07) is 28.6. The molecule has 4 rings (SSSR count). The van der Waals surface area contributed by atoms with E-state index >= 15 is 0 Å². The Morgan fingerprint density at radius 2 is 1.29 bits per heavy atom. The van der Waals surface area contributed by atoms with Crippen molar-refractivity contribution in [2.75, 3.05) is 0 Å². The standard InChI is InChI=1S/C29H25NO/c1-21-8-6-10-23(14-21)16-25-18-29(20-30,27-12-4-3-5-13-27)19-26(28(25)31)17-24-11-7-9-22(2)15-24/h3-17H,18-19H2,1-2H3. The molecule has 0 saturated heterocycles. The fourth-order valence-corrected chi connectivity index (χ4v) is 4.34. The summed E-state index contributed by atoms with van der Waals surface area (Å²) in [4.78, 5) is 13.5. The fourth-order valence-electron chi connectivity index (χ4n) is 4.34. The number of allylic oxidation sites excluding steroid dienone is 2. The molecule has 0 aromatic heterocycles. The summed E-state index contributed by atoms with van der Waals surface area (Å²) in [5, 5.41) is 10.3. The average molecular weight is 404 g/mol. The molecule has 31 heavy (non-hydrogen) atoms. The predicted molar refractivity (Wildman–Crippen MR) is 126 cm³/mol. The molecule has 152 valence electrons. The second kappa shape index (κ2) is 8.58. The van der Waals surface area contributed by atoms with E-state index in [-0.39, 0.29) is 5.78 Å². The minimum atomic E-state index is -0.763. The molecular weight excluding hydrogens is 378 g/mol. The number of nitrogens with zero attached hydrogens (tertiary/aromatic N) is 1. The molecule has 3 aromatic rings. The van der Waals surface area contributed by atoms with Gasteiger partial charge in [-0.15, -0.1) is 0 Å². The van der Waals surface area contributed by atoms with Crippen molar-refractivity contribution in [2.45, 2.75) is 32.1 Å². The van der Waals surface area contributed by atoms with E-state index in [4.69, 9.17) is 0 Å². The van der Waals surface area contributed by atoms with Gasteiger partial charge < -0.3 is 0 Å². The largest absolute Gasteiger partial charge is 0.289 e. The van der Waals surface area contributed by atoms with Gasteiger partial charge in [0.25, 0.3) is 0 Å². The third-order valence-electron chi connectivity index (χ3n) is 5.87. The Morgan fingerprint density at radius 1 is 0.774 bits per heavy atom. The van der Waals surface area contributed by atoms with E-state index in [9.17, 15) is 10.1 Å². The summed E-state index contributed by atoms with van der Waals surface area (Å²) in [5.41, 5.74) is 5.81. The Morgan fingerprint density at radius 3 is 1.74 bits per heavy atom. The molecule has 0 atom stereocenters. The van der Waals surface area contributed by atoms with E-state index in [1.54, 1.807) is 0 Å². The smallest absolute Gasteiger partial charge is 0.185 e. The summed E-state index contributed by atoms with van der Waals surface area (Å²) in [5.74, 6) is 0.0322. The van der Waals surface area contributed by atoms with Crippen molar-refractivity contribution in [3.8, 4) is 6.07 Å². The Kier molecular flexibility index (Phi) is 5.69. The molecule has 0 bridgehead atoms. The lowest BCUT2D eigenvalue weighted by Gasteiger charge is -2.33. The number of nitriles is 1. The number of aryl methyl sites for hydroxylation is 2. The maximum Gasteiger partial charge on any atom is 0.185 e. The molecule has 0 N–H and O–H groups in total. The molecule has 0 amide bonds. The highest BCUT2D eigenvalue weighted by atomic mass is 16.1. The van der Waals surface area contributed by atoms with E-state index in [1.165, 1.54) is 0 Å². The van der Waals surface area contributed by atoms with Gasteiger partial charge in [-0.1, -0.05) is 90.0 Å². The molecule has 0 aliphatic heterocycles. The Bertz CT molecular complexity index is 1160. The lowest BCUT2D eigenvalue weighted by Crippen LogP contribution is -2.33. The molecule has 0 unspecified atom stereocenters. The van der Waals surface area contributed by atoms with Crippen LogP contribution in [0.15, 0.2) is 90.0 Å². The number of Topliss-reactive ketones (excluding diaryl/α,β-unsaturated/α-hetero) is 1. The Hall–Kier alpha value is -3.70. The number of rotatable bonds is 3. The molecule has 1 aliphatic rings. The van der Waals surface area contributed by atoms with Crippen molar-refractivity contribution in [3.05, 3.63) is 118 Å². The van der Waals surface area contributed by atoms with Gasteiger partial charge in [-0.2, -0.15) is 5.26 Å². The van der Waals surface area contributed by atoms with Crippen LogP contribution in [0.5, 0.6) is 0 Å². The predicted octanol–water partition coefficient (Wildman–Crippen LogP) is 6.59. The number of hydrogen-bond acceptors (Lipinski definition) is 2. The van der Waals surface area contributed by atoms with Gasteiger partial charge in [0.05, 0.1) is 11.5 Å². The summed E-state index contributed by atoms with van der Waals surface area (Å²) in [6.45, 7) is 4.08. The van der Waals surface area contributed by atoms with Crippen molar-refractivity contribution in [3.63, 3.8) is 0 Å². The van der Waals surface area contributed by atoms with Crippen LogP contribution in [0.4, 0.5) is 0 Å². The van der Waals surface area contributed by atoms with Gasteiger partial charge in [0.1, 0.15) is 0 Å². The summed E-state index contributed by atoms with van der Waals surface area (Å²) >= 11 is 0. The van der Waals surface area contributed by atoms with Crippen LogP contribution in [0.1, 0.15) is 40.7 Å². The maximum absolute atomic E-state index is 13.5. The van der Waals surface area contributed by atoms with Crippen LogP contribution >= 0.6 is 0 Å². The van der Waals surface area contributed by atoms with Crippen LogP contribution in [-0.4, -0.2) is 5.78 Å². The lowest BCUT2D eigenvalue weighted by atomic mass is 9.66. The number of carbonyl (C=O) groups is 1. The summed E-state index contributed by atoms with van der Waals surface area (Å²) < 4.78 is 0. The molecular formula is C29H25NO. The third kappa shape index (κ3) is 4.42. The zero-order valence-electron chi connectivity index (χ0n) is 17.9. The van der Waals surface area contributed by atoms with Crippen LogP contribution in [0.2, 0.25) is 0 Å². The van der Waals surface area contributed by atoms with Crippen LogP contribution in [-0.2, 0) is 10.2 Å². The van der Waals surface area contributed by atoms with Gasteiger partial charge in [0.15, 0.2) is 5.78 Å². The highest BCUT2D eigenvalue weighted by molar-refractivity contribution is 6.14. The van der Waals surface area contributed by atoms with E-state index in [0.717, 1.165) is 27.8 Å². The second-order valence-electron chi connectivity index (χ2n) is 8.41. The highest BCUT2D eigenvalue weighted by Crippen LogP contribution is 2.43. The van der Waals surface area contributed by atoms with E-state index < -0.39 is 5.41 Å². The first kappa shape index (κ1) is 20.6. The Balaban J connectivity index is 1.86. The molecule has 0 radical (unpaired) electrons. The molecule has 0 heterocycles. The Labute approximate surface area is 184 Å². The number of benzene rings is 3. The molecule has 2 heteroatoms. The van der Waals surface area contributed by atoms with Crippen LogP contribution in [0.3, 0.4) is 0 Å². The monoisotopic (exact) mass is 403 g/mol. The zero-order valence-corrected chi connectivity index (χ0v) is 17.9. The highest BCUT2D eigenvalue weighted by Gasteiger charge is 2.41. The van der Waals surface area contributed by atoms with E-state index in [0.29, 0.717) is 24.0 Å². The van der Waals surface area contributed by atoms with Crippen LogP contribution < -0.4 is 0 Å². The van der Waals surface area contributed by atoms with Crippen molar-refractivity contribution in [2.24, 2.45) is 0 Å². The summed E-state index contributed by atoms with van der Waals surface area (Å²) in [6.07, 6.45) is 4.72. The van der Waals surface area contributed by atoms with Gasteiger partial charge >= 0.3 is 0 Å². The quantitative estimate of drug-likeness (QED) is 0.463. The van der Waals surface area contributed by atoms with Gasteiger partial charge in [-0.25, -0.2) is 0 Å². The molecule has 1 saturated carbocycles. The average Bonchev–Trinajstić information content (AvgIpc) is 2.77. The van der Waals surface area contributed by atoms with E-state index in [1.807, 2.05) is 92.7 Å². The van der Waals surface area contributed by atoms with Crippen molar-refractivity contribution in [1.29, 1.82) is 5.26 Å². The third-order valence-corrected chi connectivity index (χ3v) is 5.87. The summed E-state index contributed by atoms with van der Waals surface area (Å²) in [7, 11) is 0. The topological polar surface area (TPSA) is 40.9 Å². The normalized spacial score (nSPS) is 21.3. The number of ketones is 1. The molecule has 1 aliphatic carbocycles. The maximum atomic E-state index is 13.5. The van der Waals surface area contributed by atoms with Gasteiger partial charge in [-0.3, -0.25) is 4.79 Å². The van der Waals surface area contributed by atoms with Crippen LogP contribution in [0.25, 0.3) is 12.2 Å². The number of carbonyl (C=O) groups excluding carboxylic acids is 1. The van der Waals surface area contributed by atoms with Crippen molar-refractivity contribution in [1.82, 2.24) is 0 Å². The van der Waals surface area contributed by atoms with Gasteiger partial charge in [0, 0.05) is 11.1 Å². The van der Waals surface area contributed by atoms with Crippen molar-refractivity contribution >= 4 is 17.9 Å².